The first-order valence-corrected chi connectivity index (χ1v) is 10.1. The molecule has 1 unspecified atom stereocenters. The summed E-state index contributed by atoms with van der Waals surface area (Å²) in [5, 5.41) is 45.0. The van der Waals surface area contributed by atoms with Crippen LogP contribution < -0.4 is 0 Å². The van der Waals surface area contributed by atoms with Crippen LogP contribution in [0.2, 0.25) is 0 Å². The van der Waals surface area contributed by atoms with Crippen molar-refractivity contribution in [2.75, 3.05) is 0 Å². The van der Waals surface area contributed by atoms with Crippen molar-refractivity contribution in [3.05, 3.63) is 11.6 Å². The zero-order chi connectivity index (χ0) is 19.8. The highest BCUT2D eigenvalue weighted by atomic mass is 16.4. The van der Waals surface area contributed by atoms with Crippen molar-refractivity contribution in [3.8, 4) is 0 Å². The predicted molar refractivity (Wildman–Crippen MR) is 99.3 cm³/mol. The van der Waals surface area contributed by atoms with E-state index < -0.39 is 28.6 Å². The number of oxime groups is 1. The molecule has 8 atom stereocenters. The molecule has 0 aromatic rings. The lowest BCUT2D eigenvalue weighted by Crippen LogP contribution is -2.60. The third-order valence-electron chi connectivity index (χ3n) is 8.78. The third-order valence-corrected chi connectivity index (χ3v) is 8.78. The van der Waals surface area contributed by atoms with Crippen LogP contribution in [-0.2, 0) is 4.79 Å². The van der Waals surface area contributed by atoms with E-state index in [0.717, 1.165) is 24.8 Å². The zero-order valence-corrected chi connectivity index (χ0v) is 16.4. The number of carbonyl (C=O) groups excluding carboxylic acids is 1. The lowest BCUT2D eigenvalue weighted by atomic mass is 9.46. The Balaban J connectivity index is 1.79. The maximum Gasteiger partial charge on any atom is 0.159 e. The second-order valence-electron chi connectivity index (χ2n) is 9.84. The molecule has 0 bridgehead atoms. The molecule has 0 radical (unpaired) electrons. The highest BCUT2D eigenvalue weighted by Gasteiger charge is 2.66. The van der Waals surface area contributed by atoms with E-state index >= 15 is 0 Å². The predicted octanol–water partition coefficient (Wildman–Crippen LogP) is 2.04. The molecule has 0 saturated heterocycles. The summed E-state index contributed by atoms with van der Waals surface area (Å²) in [6.45, 7) is 5.89. The van der Waals surface area contributed by atoms with E-state index in [-0.39, 0.29) is 30.0 Å². The number of rotatable bonds is 1. The van der Waals surface area contributed by atoms with E-state index in [1.165, 1.54) is 0 Å². The molecule has 4 aliphatic rings. The summed E-state index contributed by atoms with van der Waals surface area (Å²) in [5.41, 5.74) is -0.583. The second kappa shape index (κ2) is 5.88. The second-order valence-corrected chi connectivity index (χ2v) is 9.84. The van der Waals surface area contributed by atoms with Gasteiger partial charge in [-0.05, 0) is 68.4 Å². The average molecular weight is 377 g/mol. The first-order chi connectivity index (χ1) is 12.6. The molecule has 4 rings (SSSR count). The molecule has 0 spiro atoms. The topological polar surface area (TPSA) is 110 Å². The standard InChI is InChI=1S/C21H31NO5/c1-11(22-27)12-5-7-21(26)14-8-16(23)15-9-17(24)18(25)10-19(15,2)13(14)4-6-20(12,21)3/h8,12-13,15,17-18,24-27H,4-7,9-10H2,1-3H3/b22-11+/t12-,13?,15+,17-,18+,19-,20-,21-/m1/s1. The highest BCUT2D eigenvalue weighted by Crippen LogP contribution is 2.67. The summed E-state index contributed by atoms with van der Waals surface area (Å²) < 4.78 is 0. The van der Waals surface area contributed by atoms with Crippen molar-refractivity contribution in [2.45, 2.75) is 77.1 Å². The summed E-state index contributed by atoms with van der Waals surface area (Å²) in [7, 11) is 0. The summed E-state index contributed by atoms with van der Waals surface area (Å²) in [5.74, 6) is -0.349. The minimum Gasteiger partial charge on any atom is -0.411 e. The molecule has 0 aromatic carbocycles. The number of aliphatic hydroxyl groups is 3. The molecule has 6 nitrogen and oxygen atoms in total. The SMILES string of the molecule is C/C(=N\O)[C@H]1CC[C@@]2(O)C3=CC(=O)[C@@H]4C[C@@H](O)[C@@H](O)C[C@]4(C)C3CC[C@]12C. The largest absolute Gasteiger partial charge is 0.411 e. The Morgan fingerprint density at radius 2 is 1.85 bits per heavy atom. The van der Waals surface area contributed by atoms with Gasteiger partial charge in [0.15, 0.2) is 5.78 Å². The number of aliphatic hydroxyl groups excluding tert-OH is 2. The Morgan fingerprint density at radius 1 is 1.15 bits per heavy atom. The van der Waals surface area contributed by atoms with Gasteiger partial charge in [0.1, 0.15) is 0 Å². The van der Waals surface area contributed by atoms with Gasteiger partial charge in [-0.3, -0.25) is 4.79 Å². The number of carbonyl (C=O) groups is 1. The van der Waals surface area contributed by atoms with Crippen LogP contribution in [0.4, 0.5) is 0 Å². The lowest BCUT2D eigenvalue weighted by molar-refractivity contribution is -0.151. The van der Waals surface area contributed by atoms with Crippen LogP contribution in [0.1, 0.15) is 59.3 Å². The van der Waals surface area contributed by atoms with Gasteiger partial charge in [0.05, 0.1) is 23.5 Å². The van der Waals surface area contributed by atoms with Crippen LogP contribution in [0, 0.1) is 28.6 Å². The van der Waals surface area contributed by atoms with Gasteiger partial charge in [0.2, 0.25) is 0 Å². The number of allylic oxidation sites excluding steroid dienone is 1. The van der Waals surface area contributed by atoms with Crippen molar-refractivity contribution in [1.29, 1.82) is 0 Å². The fourth-order valence-corrected chi connectivity index (χ4v) is 7.11. The quantitative estimate of drug-likeness (QED) is 0.318. The van der Waals surface area contributed by atoms with Gasteiger partial charge in [0.25, 0.3) is 0 Å². The molecule has 4 N–H and O–H groups in total. The van der Waals surface area contributed by atoms with E-state index in [2.05, 4.69) is 12.1 Å². The van der Waals surface area contributed by atoms with Crippen LogP contribution in [0.15, 0.2) is 16.8 Å². The number of hydrogen-bond donors (Lipinski definition) is 4. The maximum atomic E-state index is 13.0. The van der Waals surface area contributed by atoms with Crippen LogP contribution in [-0.4, -0.2) is 49.8 Å². The molecule has 27 heavy (non-hydrogen) atoms. The molecule has 4 aliphatic carbocycles. The van der Waals surface area contributed by atoms with Crippen LogP contribution in [0.3, 0.4) is 0 Å². The first-order valence-electron chi connectivity index (χ1n) is 10.1. The van der Waals surface area contributed by atoms with Crippen molar-refractivity contribution in [2.24, 2.45) is 33.7 Å². The van der Waals surface area contributed by atoms with Crippen molar-refractivity contribution >= 4 is 11.5 Å². The van der Waals surface area contributed by atoms with Gasteiger partial charge in [-0.15, -0.1) is 0 Å². The Kier molecular flexibility index (Phi) is 4.16. The van der Waals surface area contributed by atoms with Gasteiger partial charge < -0.3 is 20.5 Å². The monoisotopic (exact) mass is 377 g/mol. The van der Waals surface area contributed by atoms with Crippen molar-refractivity contribution < 1.29 is 25.3 Å². The minimum absolute atomic E-state index is 0.0190. The summed E-state index contributed by atoms with van der Waals surface area (Å²) in [6.07, 6.45) is 3.48. The molecule has 6 heteroatoms. The van der Waals surface area contributed by atoms with Crippen LogP contribution in [0.5, 0.6) is 0 Å². The number of ketones is 1. The van der Waals surface area contributed by atoms with E-state index in [1.54, 1.807) is 13.0 Å². The lowest BCUT2D eigenvalue weighted by Gasteiger charge is -2.59. The van der Waals surface area contributed by atoms with E-state index in [1.807, 2.05) is 6.92 Å². The molecule has 0 aromatic heterocycles. The first kappa shape index (κ1) is 19.1. The molecule has 3 saturated carbocycles. The molecule has 150 valence electrons. The Labute approximate surface area is 160 Å². The summed E-state index contributed by atoms with van der Waals surface area (Å²) in [6, 6.07) is 0. The van der Waals surface area contributed by atoms with Crippen LogP contribution in [0.25, 0.3) is 0 Å². The van der Waals surface area contributed by atoms with Crippen molar-refractivity contribution in [1.82, 2.24) is 0 Å². The molecule has 0 aliphatic heterocycles. The highest BCUT2D eigenvalue weighted by molar-refractivity contribution is 5.95. The summed E-state index contributed by atoms with van der Waals surface area (Å²) >= 11 is 0. The van der Waals surface area contributed by atoms with E-state index in [0.29, 0.717) is 18.6 Å². The molecular formula is C21H31NO5. The molecule has 3 fully saturated rings. The normalized spacial score (nSPS) is 52.7. The number of hydrogen-bond acceptors (Lipinski definition) is 6. The number of fused-ring (bicyclic) bond motifs is 5. The number of nitrogens with zero attached hydrogens (tertiary/aromatic N) is 1. The van der Waals surface area contributed by atoms with Gasteiger partial charge in [-0.1, -0.05) is 19.0 Å². The van der Waals surface area contributed by atoms with Gasteiger partial charge >= 0.3 is 0 Å². The molecule has 0 amide bonds. The van der Waals surface area contributed by atoms with Gasteiger partial charge in [-0.2, -0.15) is 0 Å². The maximum absolute atomic E-state index is 13.0. The van der Waals surface area contributed by atoms with E-state index in [9.17, 15) is 25.3 Å². The summed E-state index contributed by atoms with van der Waals surface area (Å²) in [4.78, 5) is 13.0. The van der Waals surface area contributed by atoms with Crippen LogP contribution >= 0.6 is 0 Å². The van der Waals surface area contributed by atoms with E-state index in [4.69, 9.17) is 0 Å². The smallest absolute Gasteiger partial charge is 0.159 e. The zero-order valence-electron chi connectivity index (χ0n) is 16.4. The fourth-order valence-electron chi connectivity index (χ4n) is 7.11. The van der Waals surface area contributed by atoms with Gasteiger partial charge in [0, 0.05) is 17.3 Å². The Hall–Kier alpha value is -1.24. The Morgan fingerprint density at radius 3 is 2.52 bits per heavy atom. The van der Waals surface area contributed by atoms with Crippen molar-refractivity contribution in [3.63, 3.8) is 0 Å². The molecular weight excluding hydrogens is 346 g/mol. The fraction of sp³-hybridized carbons (Fsp3) is 0.810. The Bertz CT molecular complexity index is 732. The minimum atomic E-state index is -1.10. The molecule has 0 heterocycles. The average Bonchev–Trinajstić information content (AvgIpc) is 2.89. The third kappa shape index (κ3) is 2.29. The van der Waals surface area contributed by atoms with Gasteiger partial charge in [-0.25, -0.2) is 0 Å².